The maximum atomic E-state index is 12.6. The second-order valence-electron chi connectivity index (χ2n) is 7.06. The Morgan fingerprint density at radius 3 is 2.77 bits per heavy atom. The average Bonchev–Trinajstić information content (AvgIpc) is 3.26. The highest BCUT2D eigenvalue weighted by molar-refractivity contribution is 6.35. The third-order valence-electron chi connectivity index (χ3n) is 5.26. The molecule has 0 bridgehead atoms. The van der Waals surface area contributed by atoms with Gasteiger partial charge in [-0.05, 0) is 43.2 Å². The molecule has 0 saturated heterocycles. The van der Waals surface area contributed by atoms with Crippen molar-refractivity contribution in [2.24, 2.45) is 0 Å². The molecule has 1 aliphatic heterocycles. The third-order valence-corrected chi connectivity index (χ3v) is 5.49. The molecule has 7 nitrogen and oxygen atoms in total. The maximum absolute atomic E-state index is 12.6. The van der Waals surface area contributed by atoms with Crippen LogP contribution in [-0.2, 0) is 20.8 Å². The highest BCUT2D eigenvalue weighted by Crippen LogP contribution is 2.35. The molecule has 0 spiro atoms. The summed E-state index contributed by atoms with van der Waals surface area (Å²) in [6.45, 7) is 2.63. The number of rotatable bonds is 5. The third kappa shape index (κ3) is 3.64. The smallest absolute Gasteiger partial charge is 0.310 e. The normalized spacial score (nSPS) is 15.3. The van der Waals surface area contributed by atoms with Crippen molar-refractivity contribution in [3.05, 3.63) is 64.8 Å². The number of halogens is 1. The van der Waals surface area contributed by atoms with Gasteiger partial charge in [0.1, 0.15) is 6.04 Å². The number of benzene rings is 2. The number of fused-ring (bicyclic) bond motifs is 2. The van der Waals surface area contributed by atoms with Crippen LogP contribution in [0.2, 0.25) is 5.02 Å². The van der Waals surface area contributed by atoms with E-state index >= 15 is 0 Å². The Balaban J connectivity index is 1.37. The Kier molecular flexibility index (Phi) is 5.46. The van der Waals surface area contributed by atoms with Crippen molar-refractivity contribution in [2.45, 2.75) is 19.4 Å². The summed E-state index contributed by atoms with van der Waals surface area (Å²) in [5, 5.41) is 6.79. The van der Waals surface area contributed by atoms with Crippen LogP contribution in [0.4, 0.5) is 5.69 Å². The number of carbonyl (C=O) groups is 3. The lowest BCUT2D eigenvalue weighted by Gasteiger charge is -2.15. The van der Waals surface area contributed by atoms with Crippen LogP contribution in [0, 0.1) is 0 Å². The molecule has 1 aromatic heterocycles. The van der Waals surface area contributed by atoms with Crippen LogP contribution in [0.15, 0.2) is 48.7 Å². The number of nitrogens with zero attached hydrogens (tertiary/aromatic N) is 1. The molecule has 0 aliphatic carbocycles. The largest absolute Gasteiger partial charge is 0.361 e. The molecule has 1 aliphatic rings. The van der Waals surface area contributed by atoms with Crippen molar-refractivity contribution in [3.8, 4) is 0 Å². The van der Waals surface area contributed by atoms with Crippen LogP contribution in [0.5, 0.6) is 0 Å². The number of H-pyrrole nitrogens is 1. The van der Waals surface area contributed by atoms with Gasteiger partial charge < -0.3 is 20.5 Å². The van der Waals surface area contributed by atoms with E-state index in [4.69, 9.17) is 11.6 Å². The van der Waals surface area contributed by atoms with Gasteiger partial charge in [-0.25, -0.2) is 0 Å². The number of hydrogen-bond donors (Lipinski definition) is 3. The highest BCUT2D eigenvalue weighted by Gasteiger charge is 2.37. The fraction of sp³-hybridized carbons (Fsp3) is 0.227. The van der Waals surface area contributed by atoms with E-state index in [9.17, 15) is 14.4 Å². The first-order valence-corrected chi connectivity index (χ1v) is 10.1. The van der Waals surface area contributed by atoms with E-state index in [1.807, 2.05) is 37.4 Å². The van der Waals surface area contributed by atoms with Crippen molar-refractivity contribution in [3.63, 3.8) is 0 Å². The van der Waals surface area contributed by atoms with Gasteiger partial charge in [-0.15, -0.1) is 0 Å². The van der Waals surface area contributed by atoms with E-state index in [0.29, 0.717) is 23.6 Å². The summed E-state index contributed by atoms with van der Waals surface area (Å²) in [7, 11) is 0. The van der Waals surface area contributed by atoms with Gasteiger partial charge in [-0.3, -0.25) is 14.4 Å². The van der Waals surface area contributed by atoms with E-state index in [0.717, 1.165) is 22.2 Å². The van der Waals surface area contributed by atoms with Gasteiger partial charge in [-0.2, -0.15) is 0 Å². The van der Waals surface area contributed by atoms with Crippen molar-refractivity contribution in [2.75, 3.05) is 18.0 Å². The number of aromatic amines is 1. The number of hydrogen-bond acceptors (Lipinski definition) is 3. The predicted molar refractivity (Wildman–Crippen MR) is 115 cm³/mol. The zero-order valence-corrected chi connectivity index (χ0v) is 17.1. The number of carbonyl (C=O) groups excluding carboxylic acids is 3. The minimum Gasteiger partial charge on any atom is -0.361 e. The first kappa shape index (κ1) is 20.0. The van der Waals surface area contributed by atoms with Gasteiger partial charge in [0.25, 0.3) is 5.91 Å². The molecular formula is C22H21ClN4O3. The Hall–Kier alpha value is -3.32. The molecule has 0 unspecified atom stereocenters. The van der Waals surface area contributed by atoms with Crippen LogP contribution in [-0.4, -0.2) is 35.8 Å². The van der Waals surface area contributed by atoms with E-state index in [1.54, 1.807) is 23.1 Å². The molecule has 2 aromatic carbocycles. The summed E-state index contributed by atoms with van der Waals surface area (Å²) in [4.78, 5) is 42.0. The van der Waals surface area contributed by atoms with Crippen molar-refractivity contribution < 1.29 is 14.4 Å². The lowest BCUT2D eigenvalue weighted by molar-refractivity contribution is -0.140. The summed E-state index contributed by atoms with van der Waals surface area (Å²) in [6, 6.07) is 12.0. The molecule has 30 heavy (non-hydrogen) atoms. The van der Waals surface area contributed by atoms with Crippen LogP contribution >= 0.6 is 11.6 Å². The summed E-state index contributed by atoms with van der Waals surface area (Å²) >= 11 is 6.06. The molecule has 0 radical (unpaired) electrons. The molecule has 8 heteroatoms. The fourth-order valence-corrected chi connectivity index (χ4v) is 3.97. The molecular weight excluding hydrogens is 404 g/mol. The van der Waals surface area contributed by atoms with Crippen LogP contribution in [0.3, 0.4) is 0 Å². The quantitative estimate of drug-likeness (QED) is 0.549. The minimum absolute atomic E-state index is 0.240. The Morgan fingerprint density at radius 1 is 1.17 bits per heavy atom. The zero-order valence-electron chi connectivity index (χ0n) is 16.4. The molecule has 4 rings (SSSR count). The van der Waals surface area contributed by atoms with Gasteiger partial charge in [-0.1, -0.05) is 29.8 Å². The van der Waals surface area contributed by atoms with Gasteiger partial charge in [0.05, 0.1) is 0 Å². The number of anilines is 1. The zero-order chi connectivity index (χ0) is 21.3. The second kappa shape index (κ2) is 8.20. The van der Waals surface area contributed by atoms with E-state index in [2.05, 4.69) is 15.6 Å². The molecule has 3 amide bonds. The first-order valence-electron chi connectivity index (χ1n) is 9.74. The molecule has 1 atom stereocenters. The van der Waals surface area contributed by atoms with Gasteiger partial charge in [0, 0.05) is 46.5 Å². The maximum Gasteiger partial charge on any atom is 0.310 e. The second-order valence-corrected chi connectivity index (χ2v) is 7.49. The van der Waals surface area contributed by atoms with Crippen LogP contribution in [0.25, 0.3) is 10.9 Å². The SMILES string of the molecule is CCN1C(=O)[C@H](NC(=O)C(=O)NCCc2c[nH]c3ccc(Cl)cc23)c2ccccc21. The number of aromatic nitrogens is 1. The fourth-order valence-electron chi connectivity index (χ4n) is 3.80. The van der Waals surface area contributed by atoms with Crippen LogP contribution in [0.1, 0.15) is 24.1 Å². The Morgan fingerprint density at radius 2 is 1.97 bits per heavy atom. The lowest BCUT2D eigenvalue weighted by atomic mass is 10.1. The summed E-state index contributed by atoms with van der Waals surface area (Å²) in [5.41, 5.74) is 3.40. The molecule has 154 valence electrons. The number of para-hydroxylation sites is 1. The van der Waals surface area contributed by atoms with Crippen LogP contribution < -0.4 is 15.5 Å². The molecule has 2 heterocycles. The monoisotopic (exact) mass is 424 g/mol. The van der Waals surface area contributed by atoms with Crippen molar-refractivity contribution >= 4 is 45.9 Å². The number of nitrogens with one attached hydrogen (secondary N) is 3. The lowest BCUT2D eigenvalue weighted by Crippen LogP contribution is -2.44. The van der Waals surface area contributed by atoms with E-state index in [1.165, 1.54) is 0 Å². The van der Waals surface area contributed by atoms with E-state index < -0.39 is 17.9 Å². The molecule has 3 N–H and O–H groups in total. The van der Waals surface area contributed by atoms with Crippen molar-refractivity contribution in [1.29, 1.82) is 0 Å². The summed E-state index contributed by atoms with van der Waals surface area (Å²) < 4.78 is 0. The topological polar surface area (TPSA) is 94.3 Å². The average molecular weight is 425 g/mol. The summed E-state index contributed by atoms with van der Waals surface area (Å²) in [5.74, 6) is -1.84. The number of likely N-dealkylation sites (N-methyl/N-ethyl adjacent to an activating group) is 1. The van der Waals surface area contributed by atoms with Gasteiger partial charge in [0.2, 0.25) is 0 Å². The molecule has 0 saturated carbocycles. The minimum atomic E-state index is -0.852. The standard InChI is InChI=1S/C22H21ClN4O3/c1-2-27-18-6-4-3-5-15(18)19(22(27)30)26-21(29)20(28)24-10-9-13-12-25-17-8-7-14(23)11-16(13)17/h3-8,11-12,19,25H,2,9-10H2,1H3,(H,24,28)(H,26,29)/t19-/m1/s1. The summed E-state index contributed by atoms with van der Waals surface area (Å²) in [6.07, 6.45) is 2.40. The highest BCUT2D eigenvalue weighted by atomic mass is 35.5. The Bertz CT molecular complexity index is 1140. The number of amides is 3. The van der Waals surface area contributed by atoms with Gasteiger partial charge in [0.15, 0.2) is 0 Å². The molecule has 0 fully saturated rings. The first-order chi connectivity index (χ1) is 14.5. The van der Waals surface area contributed by atoms with E-state index in [-0.39, 0.29) is 12.5 Å². The van der Waals surface area contributed by atoms with Gasteiger partial charge >= 0.3 is 11.8 Å². The van der Waals surface area contributed by atoms with Crippen molar-refractivity contribution in [1.82, 2.24) is 15.6 Å². The predicted octanol–water partition coefficient (Wildman–Crippen LogP) is 2.70. The molecule has 3 aromatic rings. The Labute approximate surface area is 178 Å².